The van der Waals surface area contributed by atoms with E-state index in [1.807, 2.05) is 24.3 Å². The Balaban J connectivity index is 2.03. The lowest BCUT2D eigenvalue weighted by molar-refractivity contribution is 0.0608. The molecule has 1 aliphatic rings. The van der Waals surface area contributed by atoms with Crippen molar-refractivity contribution in [2.45, 2.75) is 19.4 Å². The maximum absolute atomic E-state index is 12.5. The summed E-state index contributed by atoms with van der Waals surface area (Å²) in [6, 6.07) is 7.49. The van der Waals surface area contributed by atoms with Gasteiger partial charge in [-0.1, -0.05) is 12.1 Å². The van der Waals surface area contributed by atoms with Gasteiger partial charge in [0.05, 0.1) is 10.9 Å². The van der Waals surface area contributed by atoms with Crippen molar-refractivity contribution >= 4 is 23.1 Å². The molecule has 0 bridgehead atoms. The Bertz CT molecular complexity index is 698. The van der Waals surface area contributed by atoms with E-state index in [-0.39, 0.29) is 5.56 Å². The van der Waals surface area contributed by atoms with E-state index in [4.69, 9.17) is 17.0 Å². The average molecular weight is 276 g/mol. The lowest BCUT2D eigenvalue weighted by Crippen LogP contribution is -2.28. The maximum Gasteiger partial charge on any atom is 0.262 e. The van der Waals surface area contributed by atoms with Gasteiger partial charge in [-0.3, -0.25) is 9.36 Å². The molecule has 1 N–H and O–H groups in total. The lowest BCUT2D eigenvalue weighted by Gasteiger charge is -2.22. The Kier molecular flexibility index (Phi) is 3.48. The Morgan fingerprint density at radius 1 is 1.32 bits per heavy atom. The van der Waals surface area contributed by atoms with Gasteiger partial charge in [0.25, 0.3) is 5.56 Å². The van der Waals surface area contributed by atoms with Crippen molar-refractivity contribution in [2.75, 3.05) is 13.2 Å². The van der Waals surface area contributed by atoms with Crippen LogP contribution in [0.2, 0.25) is 0 Å². The Hall–Kier alpha value is -1.46. The van der Waals surface area contributed by atoms with Crippen molar-refractivity contribution in [2.24, 2.45) is 5.92 Å². The van der Waals surface area contributed by atoms with Gasteiger partial charge in [-0.2, -0.15) is 0 Å². The van der Waals surface area contributed by atoms with E-state index in [0.29, 0.717) is 22.6 Å². The molecular formula is C14H16N2O2S. The van der Waals surface area contributed by atoms with Crippen LogP contribution in [0.15, 0.2) is 29.1 Å². The molecule has 1 fully saturated rings. The molecule has 1 aliphatic heterocycles. The summed E-state index contributed by atoms with van der Waals surface area (Å²) in [6.07, 6.45) is 1.99. The van der Waals surface area contributed by atoms with Gasteiger partial charge < -0.3 is 9.72 Å². The van der Waals surface area contributed by atoms with Crippen LogP contribution in [0.4, 0.5) is 0 Å². The molecule has 1 saturated heterocycles. The molecule has 0 unspecified atom stereocenters. The van der Waals surface area contributed by atoms with Gasteiger partial charge in [-0.15, -0.1) is 0 Å². The van der Waals surface area contributed by atoms with E-state index >= 15 is 0 Å². The summed E-state index contributed by atoms with van der Waals surface area (Å²) in [6.45, 7) is 2.25. The van der Waals surface area contributed by atoms with Crippen molar-refractivity contribution in [3.63, 3.8) is 0 Å². The van der Waals surface area contributed by atoms with Gasteiger partial charge in [0, 0.05) is 19.8 Å². The largest absolute Gasteiger partial charge is 0.381 e. The SMILES string of the molecule is O=c1c2ccccc2[nH]c(=S)n1CC1CCOCC1. The number of nitrogens with zero attached hydrogens (tertiary/aromatic N) is 1. The fraction of sp³-hybridized carbons (Fsp3) is 0.429. The first-order valence-corrected chi connectivity index (χ1v) is 6.96. The zero-order valence-corrected chi connectivity index (χ0v) is 11.4. The number of nitrogens with one attached hydrogen (secondary N) is 1. The zero-order chi connectivity index (χ0) is 13.2. The fourth-order valence-electron chi connectivity index (χ4n) is 2.55. The number of fused-ring (bicyclic) bond motifs is 1. The zero-order valence-electron chi connectivity index (χ0n) is 10.6. The summed E-state index contributed by atoms with van der Waals surface area (Å²) >= 11 is 5.31. The second-order valence-electron chi connectivity index (χ2n) is 4.95. The highest BCUT2D eigenvalue weighted by atomic mass is 32.1. The van der Waals surface area contributed by atoms with Crippen molar-refractivity contribution in [1.29, 1.82) is 0 Å². The van der Waals surface area contributed by atoms with E-state index in [9.17, 15) is 4.79 Å². The molecule has 2 heterocycles. The quantitative estimate of drug-likeness (QED) is 0.857. The first-order valence-electron chi connectivity index (χ1n) is 6.55. The Morgan fingerprint density at radius 2 is 2.05 bits per heavy atom. The number of H-pyrrole nitrogens is 1. The molecule has 19 heavy (non-hydrogen) atoms. The van der Waals surface area contributed by atoms with Crippen LogP contribution in [-0.2, 0) is 11.3 Å². The van der Waals surface area contributed by atoms with Crippen molar-refractivity contribution in [3.05, 3.63) is 39.4 Å². The molecule has 4 nitrogen and oxygen atoms in total. The van der Waals surface area contributed by atoms with Crippen LogP contribution in [0.3, 0.4) is 0 Å². The highest BCUT2D eigenvalue weighted by molar-refractivity contribution is 7.71. The van der Waals surface area contributed by atoms with Crippen molar-refractivity contribution < 1.29 is 4.74 Å². The molecule has 0 atom stereocenters. The predicted octanol–water partition coefficient (Wildman–Crippen LogP) is 2.49. The van der Waals surface area contributed by atoms with Crippen LogP contribution >= 0.6 is 12.2 Å². The van der Waals surface area contributed by atoms with E-state index in [2.05, 4.69) is 4.98 Å². The molecule has 1 aromatic carbocycles. The minimum atomic E-state index is 0.00541. The van der Waals surface area contributed by atoms with Gasteiger partial charge in [-0.25, -0.2) is 0 Å². The number of hydrogen-bond donors (Lipinski definition) is 1. The monoisotopic (exact) mass is 276 g/mol. The standard InChI is InChI=1S/C14H16N2O2S/c17-13-11-3-1-2-4-12(11)15-14(19)16(13)9-10-5-7-18-8-6-10/h1-4,10H,5-9H2,(H,15,19). The van der Waals surface area contributed by atoms with E-state index in [0.717, 1.165) is 31.6 Å². The van der Waals surface area contributed by atoms with Crippen LogP contribution in [0.5, 0.6) is 0 Å². The molecular weight excluding hydrogens is 260 g/mol. The number of ether oxygens (including phenoxy) is 1. The van der Waals surface area contributed by atoms with E-state index in [1.165, 1.54) is 0 Å². The van der Waals surface area contributed by atoms with Gasteiger partial charge in [0.2, 0.25) is 0 Å². The first kappa shape index (κ1) is 12.6. The highest BCUT2D eigenvalue weighted by Crippen LogP contribution is 2.16. The molecule has 1 aromatic heterocycles. The molecule has 3 rings (SSSR count). The van der Waals surface area contributed by atoms with Crippen molar-refractivity contribution in [1.82, 2.24) is 9.55 Å². The topological polar surface area (TPSA) is 47.0 Å². The lowest BCUT2D eigenvalue weighted by atomic mass is 10.0. The van der Waals surface area contributed by atoms with Gasteiger partial charge in [0.15, 0.2) is 4.77 Å². The minimum absolute atomic E-state index is 0.00541. The summed E-state index contributed by atoms with van der Waals surface area (Å²) in [5, 5.41) is 0.697. The maximum atomic E-state index is 12.5. The second-order valence-corrected chi connectivity index (χ2v) is 5.33. The molecule has 5 heteroatoms. The van der Waals surface area contributed by atoms with Crippen LogP contribution in [0, 0.1) is 10.7 Å². The third kappa shape index (κ3) is 2.48. The van der Waals surface area contributed by atoms with Crippen LogP contribution in [0.25, 0.3) is 10.9 Å². The first-order chi connectivity index (χ1) is 9.25. The summed E-state index contributed by atoms with van der Waals surface area (Å²) in [5.74, 6) is 0.475. The summed E-state index contributed by atoms with van der Waals surface area (Å²) < 4.78 is 7.54. The number of rotatable bonds is 2. The van der Waals surface area contributed by atoms with Crippen LogP contribution < -0.4 is 5.56 Å². The molecule has 0 radical (unpaired) electrons. The number of aromatic amines is 1. The van der Waals surface area contributed by atoms with E-state index < -0.39 is 0 Å². The molecule has 0 amide bonds. The third-order valence-corrected chi connectivity index (χ3v) is 3.99. The molecule has 0 saturated carbocycles. The highest BCUT2D eigenvalue weighted by Gasteiger charge is 2.16. The number of hydrogen-bond acceptors (Lipinski definition) is 3. The summed E-state index contributed by atoms with van der Waals surface area (Å²) in [7, 11) is 0. The number of aromatic nitrogens is 2. The fourth-order valence-corrected chi connectivity index (χ4v) is 2.82. The van der Waals surface area contributed by atoms with E-state index in [1.54, 1.807) is 4.57 Å². The van der Waals surface area contributed by atoms with Crippen molar-refractivity contribution in [3.8, 4) is 0 Å². The second kappa shape index (κ2) is 5.27. The molecule has 100 valence electrons. The number of benzene rings is 1. The molecule has 0 aliphatic carbocycles. The van der Waals surface area contributed by atoms with Gasteiger partial charge in [-0.05, 0) is 43.1 Å². The third-order valence-electron chi connectivity index (χ3n) is 3.67. The minimum Gasteiger partial charge on any atom is -0.381 e. The Labute approximate surface area is 116 Å². The summed E-state index contributed by atoms with van der Waals surface area (Å²) in [4.78, 5) is 15.6. The molecule has 0 spiro atoms. The van der Waals surface area contributed by atoms with Gasteiger partial charge in [0.1, 0.15) is 0 Å². The summed E-state index contributed by atoms with van der Waals surface area (Å²) in [5.41, 5.74) is 0.812. The van der Waals surface area contributed by atoms with Crippen LogP contribution in [-0.4, -0.2) is 22.8 Å². The Morgan fingerprint density at radius 3 is 2.84 bits per heavy atom. The normalized spacial score (nSPS) is 16.8. The molecule has 2 aromatic rings. The van der Waals surface area contributed by atoms with Gasteiger partial charge >= 0.3 is 0 Å². The van der Waals surface area contributed by atoms with Crippen LogP contribution in [0.1, 0.15) is 12.8 Å². The smallest absolute Gasteiger partial charge is 0.262 e. The average Bonchev–Trinajstić information content (AvgIpc) is 2.45. The number of para-hydroxylation sites is 1. The predicted molar refractivity (Wildman–Crippen MR) is 76.9 cm³/mol.